The molecule has 0 aliphatic rings. The molecule has 1 aromatic rings. The van der Waals surface area contributed by atoms with E-state index in [4.69, 9.17) is 20.3 Å². The van der Waals surface area contributed by atoms with Crippen LogP contribution < -0.4 is 15.8 Å². The molecule has 0 unspecified atom stereocenters. The van der Waals surface area contributed by atoms with Gasteiger partial charge in [-0.15, -0.1) is 0 Å². The first kappa shape index (κ1) is 18.8. The lowest BCUT2D eigenvalue weighted by atomic mass is 9.93. The number of benzene rings is 1. The van der Waals surface area contributed by atoms with E-state index in [1.54, 1.807) is 45.0 Å². The van der Waals surface area contributed by atoms with E-state index in [1.165, 1.54) is 6.92 Å². The van der Waals surface area contributed by atoms with Crippen LogP contribution in [0.4, 0.5) is 4.79 Å². The molecule has 7 heteroatoms. The van der Waals surface area contributed by atoms with E-state index >= 15 is 0 Å². The number of hydrogen-bond acceptors (Lipinski definition) is 5. The third kappa shape index (κ3) is 6.15. The maximum atomic E-state index is 11.4. The number of nitrogens with one attached hydrogen (secondary N) is 1. The van der Waals surface area contributed by atoms with E-state index in [1.807, 2.05) is 0 Å². The van der Waals surface area contributed by atoms with Gasteiger partial charge in [-0.25, -0.2) is 9.59 Å². The molecule has 0 bridgehead atoms. The van der Waals surface area contributed by atoms with Crippen molar-refractivity contribution in [3.05, 3.63) is 29.8 Å². The molecule has 0 saturated carbocycles. The number of nitrogens with two attached hydrogens (primary N) is 1. The van der Waals surface area contributed by atoms with Crippen molar-refractivity contribution < 1.29 is 24.2 Å². The molecule has 1 aromatic carbocycles. The van der Waals surface area contributed by atoms with Gasteiger partial charge in [-0.05, 0) is 45.4 Å². The highest BCUT2D eigenvalue weighted by atomic mass is 16.6. The van der Waals surface area contributed by atoms with Crippen LogP contribution >= 0.6 is 0 Å². The van der Waals surface area contributed by atoms with Crippen LogP contribution in [0.5, 0.6) is 5.75 Å². The lowest BCUT2D eigenvalue weighted by Gasteiger charge is -2.20. The Bertz CT molecular complexity index is 547. The van der Waals surface area contributed by atoms with Crippen LogP contribution in [-0.4, -0.2) is 35.9 Å². The molecule has 1 rings (SSSR count). The summed E-state index contributed by atoms with van der Waals surface area (Å²) in [4.78, 5) is 22.5. The molecule has 0 aliphatic heterocycles. The van der Waals surface area contributed by atoms with Gasteiger partial charge in [-0.1, -0.05) is 12.1 Å². The van der Waals surface area contributed by atoms with Gasteiger partial charge in [-0.2, -0.15) is 0 Å². The quantitative estimate of drug-likeness (QED) is 0.689. The van der Waals surface area contributed by atoms with Gasteiger partial charge in [-0.3, -0.25) is 0 Å². The number of carboxylic acids is 1. The summed E-state index contributed by atoms with van der Waals surface area (Å²) in [6.07, 6.45) is -0.503. The zero-order chi connectivity index (χ0) is 17.7. The van der Waals surface area contributed by atoms with E-state index in [2.05, 4.69) is 5.32 Å². The molecule has 0 heterocycles. The zero-order valence-electron chi connectivity index (χ0n) is 13.9. The maximum Gasteiger partial charge on any atom is 0.407 e. The summed E-state index contributed by atoms with van der Waals surface area (Å²) in [5.41, 5.74) is 4.22. The summed E-state index contributed by atoms with van der Waals surface area (Å²) in [6.45, 7) is 7.33. The highest BCUT2D eigenvalue weighted by Crippen LogP contribution is 2.21. The van der Waals surface area contributed by atoms with Crippen molar-refractivity contribution >= 4 is 12.1 Å². The second kappa shape index (κ2) is 7.32. The molecular formula is C16H24N2O5. The first-order valence-electron chi connectivity index (χ1n) is 7.25. The number of amides is 1. The SMILES string of the molecule is CC(C)(C)OC(=O)NCCOc1ccc([C@@](C)(N)C(=O)O)cc1. The third-order valence-corrected chi connectivity index (χ3v) is 2.94. The Hall–Kier alpha value is -2.28. The van der Waals surface area contributed by atoms with E-state index in [-0.39, 0.29) is 6.61 Å². The summed E-state index contributed by atoms with van der Waals surface area (Å²) < 4.78 is 10.5. The topological polar surface area (TPSA) is 111 Å². The Morgan fingerprint density at radius 2 is 1.74 bits per heavy atom. The molecule has 1 atom stereocenters. The maximum absolute atomic E-state index is 11.4. The highest BCUT2D eigenvalue weighted by Gasteiger charge is 2.29. The van der Waals surface area contributed by atoms with E-state index in [9.17, 15) is 9.59 Å². The minimum atomic E-state index is -1.45. The number of carbonyl (C=O) groups excluding carboxylic acids is 1. The van der Waals surface area contributed by atoms with E-state index in [0.717, 1.165) is 0 Å². The fourth-order valence-electron chi connectivity index (χ4n) is 1.66. The normalized spacial score (nSPS) is 13.8. The minimum Gasteiger partial charge on any atom is -0.492 e. The molecule has 23 heavy (non-hydrogen) atoms. The number of ether oxygens (including phenoxy) is 2. The van der Waals surface area contributed by atoms with Crippen LogP contribution in [0, 0.1) is 0 Å². The van der Waals surface area contributed by atoms with Crippen LogP contribution in [0.15, 0.2) is 24.3 Å². The average Bonchev–Trinajstić information content (AvgIpc) is 2.42. The number of carboxylic acid groups (broad SMARTS) is 1. The van der Waals surface area contributed by atoms with Crippen LogP contribution in [-0.2, 0) is 15.1 Å². The summed E-state index contributed by atoms with van der Waals surface area (Å²) in [5.74, 6) is -0.548. The van der Waals surface area contributed by atoms with Gasteiger partial charge in [0, 0.05) is 0 Å². The second-order valence-electron chi connectivity index (χ2n) is 6.31. The number of alkyl carbamates (subject to hydrolysis) is 1. The molecular weight excluding hydrogens is 300 g/mol. The van der Waals surface area contributed by atoms with Gasteiger partial charge in [0.05, 0.1) is 6.54 Å². The van der Waals surface area contributed by atoms with Crippen molar-refractivity contribution in [2.75, 3.05) is 13.2 Å². The first-order chi connectivity index (χ1) is 10.5. The molecule has 128 valence electrons. The van der Waals surface area contributed by atoms with Crippen LogP contribution in [0.2, 0.25) is 0 Å². The van der Waals surface area contributed by atoms with E-state index < -0.39 is 23.2 Å². The Kier molecular flexibility index (Phi) is 5.98. The number of carbonyl (C=O) groups is 2. The van der Waals surface area contributed by atoms with Crippen molar-refractivity contribution in [3.63, 3.8) is 0 Å². The number of rotatable bonds is 6. The van der Waals surface area contributed by atoms with Crippen molar-refractivity contribution in [2.24, 2.45) is 5.73 Å². The molecule has 0 spiro atoms. The van der Waals surface area contributed by atoms with Gasteiger partial charge < -0.3 is 25.6 Å². The van der Waals surface area contributed by atoms with E-state index in [0.29, 0.717) is 17.9 Å². The molecule has 7 nitrogen and oxygen atoms in total. The van der Waals surface area contributed by atoms with Crippen molar-refractivity contribution in [2.45, 2.75) is 38.8 Å². The van der Waals surface area contributed by atoms with Crippen molar-refractivity contribution in [1.82, 2.24) is 5.32 Å². The third-order valence-electron chi connectivity index (χ3n) is 2.94. The Morgan fingerprint density at radius 1 is 1.17 bits per heavy atom. The van der Waals surface area contributed by atoms with Gasteiger partial charge in [0.2, 0.25) is 0 Å². The molecule has 4 N–H and O–H groups in total. The molecule has 1 amide bonds. The standard InChI is InChI=1S/C16H24N2O5/c1-15(2,3)23-14(21)18-9-10-22-12-7-5-11(6-8-12)16(4,17)13(19)20/h5-8H,9-10,17H2,1-4H3,(H,18,21)(H,19,20)/t16-/m1/s1. The fourth-order valence-corrected chi connectivity index (χ4v) is 1.66. The lowest BCUT2D eigenvalue weighted by Crippen LogP contribution is -2.41. The molecule has 0 fully saturated rings. The molecule has 0 radical (unpaired) electrons. The van der Waals surface area contributed by atoms with Crippen molar-refractivity contribution in [1.29, 1.82) is 0 Å². The van der Waals surface area contributed by atoms with Crippen LogP contribution in [0.3, 0.4) is 0 Å². The zero-order valence-corrected chi connectivity index (χ0v) is 13.9. The number of hydrogen-bond donors (Lipinski definition) is 3. The molecule has 0 saturated heterocycles. The monoisotopic (exact) mass is 324 g/mol. The van der Waals surface area contributed by atoms with Crippen LogP contribution in [0.25, 0.3) is 0 Å². The first-order valence-corrected chi connectivity index (χ1v) is 7.25. The largest absolute Gasteiger partial charge is 0.492 e. The Labute approximate surface area is 135 Å². The molecule has 0 aliphatic carbocycles. The lowest BCUT2D eigenvalue weighted by molar-refractivity contribution is -0.143. The predicted octanol–water partition coefficient (Wildman–Crippen LogP) is 1.85. The van der Waals surface area contributed by atoms with Crippen molar-refractivity contribution in [3.8, 4) is 5.75 Å². The highest BCUT2D eigenvalue weighted by molar-refractivity contribution is 5.79. The summed E-state index contributed by atoms with van der Waals surface area (Å²) in [7, 11) is 0. The average molecular weight is 324 g/mol. The Balaban J connectivity index is 2.43. The van der Waals surface area contributed by atoms with Gasteiger partial charge in [0.25, 0.3) is 0 Å². The predicted molar refractivity (Wildman–Crippen MR) is 85.3 cm³/mol. The second-order valence-corrected chi connectivity index (χ2v) is 6.31. The van der Waals surface area contributed by atoms with Gasteiger partial charge in [0.1, 0.15) is 23.5 Å². The Morgan fingerprint density at radius 3 is 2.22 bits per heavy atom. The summed E-state index contributed by atoms with van der Waals surface area (Å²) in [6, 6.07) is 6.48. The van der Waals surface area contributed by atoms with Crippen LogP contribution in [0.1, 0.15) is 33.3 Å². The summed E-state index contributed by atoms with van der Waals surface area (Å²) >= 11 is 0. The molecule has 0 aromatic heterocycles. The smallest absolute Gasteiger partial charge is 0.407 e. The fraction of sp³-hybridized carbons (Fsp3) is 0.500. The summed E-state index contributed by atoms with van der Waals surface area (Å²) in [5, 5.41) is 11.6. The van der Waals surface area contributed by atoms with Gasteiger partial charge >= 0.3 is 12.1 Å². The number of aliphatic carboxylic acids is 1. The van der Waals surface area contributed by atoms with Gasteiger partial charge in [0.15, 0.2) is 0 Å². The minimum absolute atomic E-state index is 0.261.